The molecule has 0 saturated heterocycles. The van der Waals surface area contributed by atoms with E-state index in [9.17, 15) is 0 Å². The molecule has 6 aliphatic rings. The van der Waals surface area contributed by atoms with Crippen LogP contribution in [0.1, 0.15) is 51.4 Å². The average molecular weight is 539 g/mol. The van der Waals surface area contributed by atoms with Crippen molar-refractivity contribution in [3.63, 3.8) is 0 Å². The first kappa shape index (κ1) is 23.8. The molecule has 0 fully saturated rings. The molecule has 36 heavy (non-hydrogen) atoms. The molecule has 0 bridgehead atoms. The predicted octanol–water partition coefficient (Wildman–Crippen LogP) is 9.31. The van der Waals surface area contributed by atoms with Gasteiger partial charge in [-0.2, -0.15) is 0 Å². The normalized spacial score (nSPS) is 31.0. The maximum atomic E-state index is 3.70. The van der Waals surface area contributed by atoms with Crippen molar-refractivity contribution < 1.29 is 0 Å². The molecule has 0 N–H and O–H groups in total. The van der Waals surface area contributed by atoms with E-state index in [0.717, 1.165) is 38.5 Å². The van der Waals surface area contributed by atoms with Crippen molar-refractivity contribution in [2.24, 2.45) is 17.8 Å². The van der Waals surface area contributed by atoms with E-state index in [1.54, 1.807) is 0 Å². The lowest BCUT2D eigenvalue weighted by Gasteiger charge is -2.36. The van der Waals surface area contributed by atoms with Gasteiger partial charge in [-0.3, -0.25) is 0 Å². The van der Waals surface area contributed by atoms with Gasteiger partial charge in [0.2, 0.25) is 0 Å². The van der Waals surface area contributed by atoms with Crippen molar-refractivity contribution >= 4 is 15.9 Å². The van der Waals surface area contributed by atoms with Gasteiger partial charge < -0.3 is 4.90 Å². The number of rotatable bonds is 5. The van der Waals surface area contributed by atoms with Crippen LogP contribution in [0.25, 0.3) is 0 Å². The molecule has 6 rings (SSSR count). The number of allylic oxidation sites excluding steroid dienone is 20. The highest BCUT2D eigenvalue weighted by atomic mass is 79.9. The Morgan fingerprint density at radius 3 is 2.42 bits per heavy atom. The van der Waals surface area contributed by atoms with Crippen LogP contribution in [0.5, 0.6) is 0 Å². The molecule has 184 valence electrons. The molecule has 2 heteroatoms. The summed E-state index contributed by atoms with van der Waals surface area (Å²) in [5, 5.41) is 0. The standard InChI is InChI=1S/C34H36BrN/c35-31-20-17-27(18-21-31)26-13-15-28(16-14-26)30-9-6-12-33(23-30)36(32-10-2-1-3-11-32)34-22-19-25-7-4-5-8-29(25)24-34/h1-2,5-6,8,10,12-13,15-18,20,22-26,30-31H,3-4,7,9,11,14,19,21H2. The highest BCUT2D eigenvalue weighted by Gasteiger charge is 2.26. The highest BCUT2D eigenvalue weighted by Crippen LogP contribution is 2.39. The van der Waals surface area contributed by atoms with Crippen molar-refractivity contribution in [3.05, 3.63) is 131 Å². The molecule has 0 radical (unpaired) electrons. The Labute approximate surface area is 225 Å². The zero-order valence-corrected chi connectivity index (χ0v) is 22.6. The highest BCUT2D eigenvalue weighted by molar-refractivity contribution is 9.09. The first-order valence-corrected chi connectivity index (χ1v) is 14.7. The minimum Gasteiger partial charge on any atom is -0.315 e. The predicted molar refractivity (Wildman–Crippen MR) is 156 cm³/mol. The monoisotopic (exact) mass is 537 g/mol. The van der Waals surface area contributed by atoms with Crippen LogP contribution in [0, 0.1) is 17.8 Å². The third kappa shape index (κ3) is 5.11. The lowest BCUT2D eigenvalue weighted by Crippen LogP contribution is -2.25. The number of hydrogen-bond acceptors (Lipinski definition) is 1. The Balaban J connectivity index is 1.25. The van der Waals surface area contributed by atoms with Crippen molar-refractivity contribution in [3.8, 4) is 0 Å². The van der Waals surface area contributed by atoms with Crippen molar-refractivity contribution in [1.82, 2.24) is 4.90 Å². The van der Waals surface area contributed by atoms with Gasteiger partial charge in [-0.1, -0.05) is 94.9 Å². The maximum absolute atomic E-state index is 3.70. The Kier molecular flexibility index (Phi) is 7.14. The SMILES string of the molecule is BrC1C=CC(C2C=CC(C3C=C(N(C4=CCC5CCC=CC5=C4)C4=CC=CCC4)C=CC3)=CC2)=CC1. The van der Waals surface area contributed by atoms with Gasteiger partial charge in [0.25, 0.3) is 0 Å². The molecule has 1 nitrogen and oxygen atoms in total. The van der Waals surface area contributed by atoms with E-state index in [-0.39, 0.29) is 0 Å². The lowest BCUT2D eigenvalue weighted by molar-refractivity contribution is 0.491. The van der Waals surface area contributed by atoms with E-state index in [2.05, 4.69) is 118 Å². The van der Waals surface area contributed by atoms with Crippen molar-refractivity contribution in [1.29, 1.82) is 0 Å². The van der Waals surface area contributed by atoms with Gasteiger partial charge in [0.15, 0.2) is 0 Å². The Morgan fingerprint density at radius 2 is 1.61 bits per heavy atom. The van der Waals surface area contributed by atoms with Crippen molar-refractivity contribution in [2.75, 3.05) is 0 Å². The second-order valence-corrected chi connectivity index (χ2v) is 11.9. The van der Waals surface area contributed by atoms with Gasteiger partial charge in [0.05, 0.1) is 0 Å². The molecule has 0 aromatic heterocycles. The Bertz CT molecular complexity index is 1220. The summed E-state index contributed by atoms with van der Waals surface area (Å²) in [5.74, 6) is 1.65. The topological polar surface area (TPSA) is 3.24 Å². The van der Waals surface area contributed by atoms with Crippen LogP contribution < -0.4 is 0 Å². The summed E-state index contributed by atoms with van der Waals surface area (Å²) >= 11 is 3.70. The van der Waals surface area contributed by atoms with Gasteiger partial charge in [-0.25, -0.2) is 0 Å². The van der Waals surface area contributed by atoms with Gasteiger partial charge in [0.1, 0.15) is 0 Å². The van der Waals surface area contributed by atoms with Crippen LogP contribution in [-0.4, -0.2) is 9.73 Å². The fourth-order valence-corrected chi connectivity index (χ4v) is 6.58. The number of hydrogen-bond donors (Lipinski definition) is 0. The molecule has 0 aromatic rings. The van der Waals surface area contributed by atoms with E-state index in [1.807, 2.05) is 0 Å². The molecule has 0 amide bonds. The van der Waals surface area contributed by atoms with Crippen LogP contribution in [0.15, 0.2) is 131 Å². The molecule has 0 aliphatic heterocycles. The van der Waals surface area contributed by atoms with E-state index in [0.29, 0.717) is 22.6 Å². The summed E-state index contributed by atoms with van der Waals surface area (Å²) in [6.07, 6.45) is 47.2. The molecule has 0 saturated carbocycles. The van der Waals surface area contributed by atoms with Gasteiger partial charge >= 0.3 is 0 Å². The third-order valence-corrected chi connectivity index (χ3v) is 8.98. The average Bonchev–Trinajstić information content (AvgIpc) is 2.94. The third-order valence-electron chi connectivity index (χ3n) is 8.30. The van der Waals surface area contributed by atoms with E-state index in [1.165, 1.54) is 46.7 Å². The number of nitrogens with zero attached hydrogens (tertiary/aromatic N) is 1. The van der Waals surface area contributed by atoms with E-state index < -0.39 is 0 Å². The van der Waals surface area contributed by atoms with Gasteiger partial charge in [-0.05, 0) is 92.2 Å². The van der Waals surface area contributed by atoms with Gasteiger partial charge in [-0.15, -0.1) is 0 Å². The molecule has 6 aliphatic carbocycles. The molecular weight excluding hydrogens is 502 g/mol. The molecule has 0 spiro atoms. The zero-order chi connectivity index (χ0) is 24.3. The zero-order valence-electron chi connectivity index (χ0n) is 21.0. The van der Waals surface area contributed by atoms with Crippen molar-refractivity contribution in [2.45, 2.75) is 56.2 Å². The Hall–Kier alpha value is -2.58. The summed E-state index contributed by atoms with van der Waals surface area (Å²) in [7, 11) is 0. The number of halogens is 1. The van der Waals surface area contributed by atoms with Crippen LogP contribution in [0.4, 0.5) is 0 Å². The molecule has 4 unspecified atom stereocenters. The molecule has 0 aromatic carbocycles. The van der Waals surface area contributed by atoms with Crippen LogP contribution in [-0.2, 0) is 0 Å². The Morgan fingerprint density at radius 1 is 0.722 bits per heavy atom. The summed E-state index contributed by atoms with van der Waals surface area (Å²) < 4.78 is 0. The summed E-state index contributed by atoms with van der Waals surface area (Å²) in [6.45, 7) is 0. The molecule has 0 heterocycles. The minimum atomic E-state index is 0.436. The fraction of sp³-hybridized carbons (Fsp3) is 0.353. The maximum Gasteiger partial charge on any atom is 0.0421 e. The smallest absolute Gasteiger partial charge is 0.0421 e. The minimum absolute atomic E-state index is 0.436. The molecule has 4 atom stereocenters. The van der Waals surface area contributed by atoms with Crippen LogP contribution >= 0.6 is 15.9 Å². The first-order valence-electron chi connectivity index (χ1n) is 13.8. The summed E-state index contributed by atoms with van der Waals surface area (Å²) in [5.41, 5.74) is 8.52. The van der Waals surface area contributed by atoms with Crippen LogP contribution in [0.3, 0.4) is 0 Å². The van der Waals surface area contributed by atoms with Gasteiger partial charge in [0, 0.05) is 33.8 Å². The van der Waals surface area contributed by atoms with E-state index >= 15 is 0 Å². The molecular formula is C34H36BrN. The lowest BCUT2D eigenvalue weighted by atomic mass is 9.81. The number of alkyl halides is 1. The second kappa shape index (κ2) is 10.8. The van der Waals surface area contributed by atoms with Crippen LogP contribution in [0.2, 0.25) is 0 Å². The largest absolute Gasteiger partial charge is 0.315 e. The van der Waals surface area contributed by atoms with E-state index in [4.69, 9.17) is 0 Å². The summed E-state index contributed by atoms with van der Waals surface area (Å²) in [6, 6.07) is 0. The number of fused-ring (bicyclic) bond motifs is 1. The fourth-order valence-electron chi connectivity index (χ4n) is 6.24. The first-order chi connectivity index (χ1) is 17.7. The quantitative estimate of drug-likeness (QED) is 0.315. The summed E-state index contributed by atoms with van der Waals surface area (Å²) in [4.78, 5) is 3.03. The second-order valence-electron chi connectivity index (χ2n) is 10.7.